The van der Waals surface area contributed by atoms with Crippen LogP contribution < -0.4 is 0 Å². The molecule has 2 nitrogen and oxygen atoms in total. The van der Waals surface area contributed by atoms with Gasteiger partial charge in [0.05, 0.1) is 16.4 Å². The molecule has 0 amide bonds. The lowest BCUT2D eigenvalue weighted by Gasteiger charge is -2.08. The van der Waals surface area contributed by atoms with Crippen molar-refractivity contribution in [3.05, 3.63) is 16.4 Å². The van der Waals surface area contributed by atoms with E-state index in [1.54, 1.807) is 0 Å². The molecular formula is C9H15BrN2. The van der Waals surface area contributed by atoms with Gasteiger partial charge in [0.15, 0.2) is 0 Å². The quantitative estimate of drug-likeness (QED) is 0.782. The zero-order valence-electron chi connectivity index (χ0n) is 7.84. The van der Waals surface area contributed by atoms with E-state index in [4.69, 9.17) is 0 Å². The Bertz CT molecular complexity index is 253. The van der Waals surface area contributed by atoms with Crippen LogP contribution in [0.3, 0.4) is 0 Å². The molecule has 12 heavy (non-hydrogen) atoms. The molecule has 0 bridgehead atoms. The first-order valence-electron chi connectivity index (χ1n) is 4.35. The molecule has 1 heterocycles. The number of aromatic nitrogens is 2. The van der Waals surface area contributed by atoms with Crippen LogP contribution in [0.25, 0.3) is 0 Å². The van der Waals surface area contributed by atoms with Crippen molar-refractivity contribution in [3.8, 4) is 0 Å². The molecule has 0 unspecified atom stereocenters. The van der Waals surface area contributed by atoms with Crippen LogP contribution >= 0.6 is 15.9 Å². The largest absolute Gasteiger partial charge is 0.268 e. The Hall–Kier alpha value is -0.310. The number of nitrogens with zero attached hydrogens (tertiary/aromatic N) is 2. The maximum Gasteiger partial charge on any atom is 0.0635 e. The van der Waals surface area contributed by atoms with Crippen molar-refractivity contribution >= 4 is 15.9 Å². The number of hydrogen-bond donors (Lipinski definition) is 0. The van der Waals surface area contributed by atoms with Crippen LogP contribution in [-0.2, 0) is 13.0 Å². The van der Waals surface area contributed by atoms with Crippen LogP contribution in [0.4, 0.5) is 0 Å². The molecule has 68 valence electrons. The number of halogens is 1. The topological polar surface area (TPSA) is 17.8 Å². The van der Waals surface area contributed by atoms with Crippen molar-refractivity contribution < 1.29 is 0 Å². The normalized spacial score (nSPS) is 11.1. The molecule has 0 atom stereocenters. The van der Waals surface area contributed by atoms with Crippen LogP contribution in [0.2, 0.25) is 0 Å². The molecule has 0 saturated heterocycles. The zero-order chi connectivity index (χ0) is 9.14. The molecule has 0 aliphatic carbocycles. The molecule has 0 aromatic carbocycles. The Morgan fingerprint density at radius 2 is 2.25 bits per heavy atom. The summed E-state index contributed by atoms with van der Waals surface area (Å²) in [6, 6.07) is 0. The average molecular weight is 231 g/mol. The summed E-state index contributed by atoms with van der Waals surface area (Å²) in [5, 5.41) is 4.30. The van der Waals surface area contributed by atoms with Gasteiger partial charge in [-0.05, 0) is 28.3 Å². The van der Waals surface area contributed by atoms with Crippen LogP contribution in [-0.4, -0.2) is 9.78 Å². The summed E-state index contributed by atoms with van der Waals surface area (Å²) in [6.07, 6.45) is 2.91. The van der Waals surface area contributed by atoms with Gasteiger partial charge >= 0.3 is 0 Å². The Kier molecular flexibility index (Phi) is 3.32. The first-order chi connectivity index (χ1) is 5.65. The summed E-state index contributed by atoms with van der Waals surface area (Å²) >= 11 is 3.48. The number of hydrogen-bond acceptors (Lipinski definition) is 1. The van der Waals surface area contributed by atoms with Crippen molar-refractivity contribution in [2.24, 2.45) is 5.92 Å². The van der Waals surface area contributed by atoms with Gasteiger partial charge in [-0.2, -0.15) is 5.10 Å². The van der Waals surface area contributed by atoms with Gasteiger partial charge in [-0.15, -0.1) is 0 Å². The van der Waals surface area contributed by atoms with Gasteiger partial charge in [-0.1, -0.05) is 20.8 Å². The van der Waals surface area contributed by atoms with Gasteiger partial charge in [0.2, 0.25) is 0 Å². The van der Waals surface area contributed by atoms with E-state index >= 15 is 0 Å². The summed E-state index contributed by atoms with van der Waals surface area (Å²) in [5.41, 5.74) is 1.30. The second-order valence-corrected chi connectivity index (χ2v) is 4.22. The third kappa shape index (κ3) is 2.09. The second-order valence-electron chi connectivity index (χ2n) is 3.37. The van der Waals surface area contributed by atoms with E-state index < -0.39 is 0 Å². The molecule has 0 aliphatic rings. The molecule has 0 radical (unpaired) electrons. The molecule has 3 heteroatoms. The highest BCUT2D eigenvalue weighted by molar-refractivity contribution is 9.10. The predicted molar refractivity (Wildman–Crippen MR) is 54.1 cm³/mol. The van der Waals surface area contributed by atoms with Crippen molar-refractivity contribution in [3.63, 3.8) is 0 Å². The van der Waals surface area contributed by atoms with E-state index in [0.29, 0.717) is 5.92 Å². The minimum absolute atomic E-state index is 0.655. The molecule has 0 fully saturated rings. The Morgan fingerprint density at radius 3 is 2.75 bits per heavy atom. The summed E-state index contributed by atoms with van der Waals surface area (Å²) in [7, 11) is 0. The molecule has 1 aromatic rings. The minimum atomic E-state index is 0.655. The highest BCUT2D eigenvalue weighted by Gasteiger charge is 2.06. The van der Waals surface area contributed by atoms with Gasteiger partial charge < -0.3 is 0 Å². The number of rotatable bonds is 3. The SMILES string of the molecule is CCc1c(Br)cnn1CC(C)C. The maximum atomic E-state index is 4.30. The molecule has 1 aromatic heterocycles. The lowest BCUT2D eigenvalue weighted by Crippen LogP contribution is -2.09. The Balaban J connectivity index is 2.84. The van der Waals surface area contributed by atoms with Crippen LogP contribution in [0.15, 0.2) is 10.7 Å². The van der Waals surface area contributed by atoms with Gasteiger partial charge in [0.25, 0.3) is 0 Å². The zero-order valence-corrected chi connectivity index (χ0v) is 9.43. The molecule has 0 N–H and O–H groups in total. The fourth-order valence-corrected chi connectivity index (χ4v) is 1.82. The molecule has 0 spiro atoms. The highest BCUT2D eigenvalue weighted by Crippen LogP contribution is 2.17. The van der Waals surface area contributed by atoms with E-state index in [-0.39, 0.29) is 0 Å². The van der Waals surface area contributed by atoms with Crippen LogP contribution in [0.1, 0.15) is 26.5 Å². The fraction of sp³-hybridized carbons (Fsp3) is 0.667. The Morgan fingerprint density at radius 1 is 1.58 bits per heavy atom. The third-order valence-corrected chi connectivity index (χ3v) is 2.43. The monoisotopic (exact) mass is 230 g/mol. The molecule has 0 saturated carbocycles. The van der Waals surface area contributed by atoms with Gasteiger partial charge in [-0.3, -0.25) is 4.68 Å². The van der Waals surface area contributed by atoms with Crippen LogP contribution in [0, 0.1) is 5.92 Å². The lowest BCUT2D eigenvalue weighted by molar-refractivity contribution is 0.469. The van der Waals surface area contributed by atoms with E-state index in [2.05, 4.69) is 46.5 Å². The first kappa shape index (κ1) is 9.78. The van der Waals surface area contributed by atoms with Crippen molar-refractivity contribution in [2.75, 3.05) is 0 Å². The minimum Gasteiger partial charge on any atom is -0.268 e. The first-order valence-corrected chi connectivity index (χ1v) is 5.14. The van der Waals surface area contributed by atoms with Crippen molar-refractivity contribution in [1.82, 2.24) is 9.78 Å². The second kappa shape index (κ2) is 4.08. The third-order valence-electron chi connectivity index (χ3n) is 1.77. The highest BCUT2D eigenvalue weighted by atomic mass is 79.9. The van der Waals surface area contributed by atoms with E-state index in [9.17, 15) is 0 Å². The van der Waals surface area contributed by atoms with Gasteiger partial charge in [-0.25, -0.2) is 0 Å². The summed E-state index contributed by atoms with van der Waals surface area (Å²) in [6.45, 7) is 7.57. The lowest BCUT2D eigenvalue weighted by atomic mass is 10.2. The van der Waals surface area contributed by atoms with Gasteiger partial charge in [0, 0.05) is 6.54 Å². The average Bonchev–Trinajstić information content (AvgIpc) is 2.30. The molecular weight excluding hydrogens is 216 g/mol. The molecule has 1 rings (SSSR count). The smallest absolute Gasteiger partial charge is 0.0635 e. The standard InChI is InChI=1S/C9H15BrN2/c1-4-9-8(10)5-11-12(9)6-7(2)3/h5,7H,4,6H2,1-3H3. The van der Waals surface area contributed by atoms with E-state index in [1.807, 2.05) is 6.20 Å². The molecule has 0 aliphatic heterocycles. The summed E-state index contributed by atoms with van der Waals surface area (Å²) in [4.78, 5) is 0. The van der Waals surface area contributed by atoms with E-state index in [0.717, 1.165) is 17.4 Å². The van der Waals surface area contributed by atoms with Crippen molar-refractivity contribution in [1.29, 1.82) is 0 Å². The van der Waals surface area contributed by atoms with Gasteiger partial charge in [0.1, 0.15) is 0 Å². The van der Waals surface area contributed by atoms with Crippen molar-refractivity contribution in [2.45, 2.75) is 33.7 Å². The fourth-order valence-electron chi connectivity index (χ4n) is 1.24. The maximum absolute atomic E-state index is 4.30. The summed E-state index contributed by atoms with van der Waals surface area (Å²) in [5.74, 6) is 0.655. The predicted octanol–water partition coefficient (Wildman–Crippen LogP) is 2.86. The Labute approximate surface area is 82.1 Å². The summed E-state index contributed by atoms with van der Waals surface area (Å²) < 4.78 is 3.21. The van der Waals surface area contributed by atoms with Crippen LogP contribution in [0.5, 0.6) is 0 Å². The van der Waals surface area contributed by atoms with E-state index in [1.165, 1.54) is 5.69 Å².